The number of imide groups is 1. The van der Waals surface area contributed by atoms with Gasteiger partial charge < -0.3 is 16.2 Å². The van der Waals surface area contributed by atoms with Crippen molar-refractivity contribution in [1.29, 1.82) is 0 Å². The normalized spacial score (nSPS) is 19.3. The third kappa shape index (κ3) is 6.83. The smallest absolute Gasteiger partial charge is 0.243 e. The number of halogens is 1. The quantitative estimate of drug-likeness (QED) is 0.624. The molecule has 1 aliphatic carbocycles. The van der Waals surface area contributed by atoms with Gasteiger partial charge in [-0.15, -0.1) is 12.4 Å². The molecule has 1 saturated carbocycles. The summed E-state index contributed by atoms with van der Waals surface area (Å²) in [6.45, 7) is 0.658. The highest BCUT2D eigenvalue weighted by Crippen LogP contribution is 2.28. The first-order valence-electron chi connectivity index (χ1n) is 10.2. The topological polar surface area (TPSA) is 107 Å². The zero-order valence-electron chi connectivity index (χ0n) is 17.0. The number of nitrogens with one attached hydrogen (secondary N) is 1. The average Bonchev–Trinajstić information content (AvgIpc) is 2.74. The van der Waals surface area contributed by atoms with E-state index in [-0.39, 0.29) is 24.2 Å². The van der Waals surface area contributed by atoms with E-state index < -0.39 is 11.9 Å². The molecule has 0 aliphatic heterocycles. The molecule has 1 unspecified atom stereocenters. The Morgan fingerprint density at radius 3 is 2.33 bits per heavy atom. The second-order valence-corrected chi connectivity index (χ2v) is 7.68. The zero-order chi connectivity index (χ0) is 20.6. The lowest BCUT2D eigenvalue weighted by atomic mass is 9.81. The fourth-order valence-corrected chi connectivity index (χ4v) is 3.68. The van der Waals surface area contributed by atoms with Crippen molar-refractivity contribution in [2.45, 2.75) is 38.1 Å². The van der Waals surface area contributed by atoms with Gasteiger partial charge in [-0.05, 0) is 74.4 Å². The Morgan fingerprint density at radius 2 is 1.67 bits per heavy atom. The molecule has 7 heteroatoms. The number of carbonyl (C=O) groups excluding carboxylic acids is 2. The van der Waals surface area contributed by atoms with Gasteiger partial charge in [0.15, 0.2) is 0 Å². The predicted molar refractivity (Wildman–Crippen MR) is 120 cm³/mol. The third-order valence-electron chi connectivity index (χ3n) is 5.47. The van der Waals surface area contributed by atoms with Crippen molar-refractivity contribution in [2.75, 3.05) is 6.54 Å². The van der Waals surface area contributed by atoms with Gasteiger partial charge in [0.1, 0.15) is 11.5 Å². The van der Waals surface area contributed by atoms with Crippen molar-refractivity contribution in [3.05, 3.63) is 60.2 Å². The largest absolute Gasteiger partial charge is 0.457 e. The summed E-state index contributed by atoms with van der Waals surface area (Å²) in [5.74, 6) is 1.11. The minimum atomic E-state index is -0.800. The number of nitrogens with two attached hydrogens (primary N) is 2. The second-order valence-electron chi connectivity index (χ2n) is 7.68. The van der Waals surface area contributed by atoms with Crippen molar-refractivity contribution < 1.29 is 14.3 Å². The summed E-state index contributed by atoms with van der Waals surface area (Å²) < 4.78 is 5.82. The Balaban J connectivity index is 0.00000320. The van der Waals surface area contributed by atoms with Gasteiger partial charge in [0.2, 0.25) is 11.8 Å². The minimum absolute atomic E-state index is 0. The molecule has 0 saturated heterocycles. The van der Waals surface area contributed by atoms with Crippen molar-refractivity contribution in [3.63, 3.8) is 0 Å². The predicted octanol–water partition coefficient (Wildman–Crippen LogP) is 3.18. The first-order valence-corrected chi connectivity index (χ1v) is 10.2. The van der Waals surface area contributed by atoms with Crippen LogP contribution in [0.4, 0.5) is 0 Å². The average molecular weight is 432 g/mol. The maximum atomic E-state index is 12.4. The van der Waals surface area contributed by atoms with Crippen molar-refractivity contribution in [1.82, 2.24) is 5.32 Å². The summed E-state index contributed by atoms with van der Waals surface area (Å²) >= 11 is 0. The minimum Gasteiger partial charge on any atom is -0.457 e. The molecule has 1 aliphatic rings. The summed E-state index contributed by atoms with van der Waals surface area (Å²) in [6, 6.07) is 16.1. The Kier molecular flexibility index (Phi) is 9.30. The van der Waals surface area contributed by atoms with Crippen LogP contribution in [0.2, 0.25) is 0 Å². The van der Waals surface area contributed by atoms with Crippen LogP contribution in [0.1, 0.15) is 31.2 Å². The van der Waals surface area contributed by atoms with E-state index in [1.807, 2.05) is 54.6 Å². The molecule has 0 heterocycles. The molecule has 2 amide bonds. The van der Waals surface area contributed by atoms with Crippen LogP contribution >= 0.6 is 12.4 Å². The molecular weight excluding hydrogens is 402 g/mol. The fourth-order valence-electron chi connectivity index (χ4n) is 3.68. The van der Waals surface area contributed by atoms with Crippen LogP contribution in [0.25, 0.3) is 0 Å². The van der Waals surface area contributed by atoms with E-state index in [9.17, 15) is 9.59 Å². The lowest BCUT2D eigenvalue weighted by Crippen LogP contribution is -2.47. The van der Waals surface area contributed by atoms with Crippen LogP contribution in [0, 0.1) is 11.8 Å². The number of para-hydroxylation sites is 1. The first-order chi connectivity index (χ1) is 14.0. The number of rotatable bonds is 7. The van der Waals surface area contributed by atoms with E-state index in [4.69, 9.17) is 16.2 Å². The Labute approximate surface area is 183 Å². The Bertz CT molecular complexity index is 823. The summed E-state index contributed by atoms with van der Waals surface area (Å²) in [7, 11) is 0. The van der Waals surface area contributed by atoms with Crippen LogP contribution in [0.3, 0.4) is 0 Å². The van der Waals surface area contributed by atoms with E-state index in [1.165, 1.54) is 0 Å². The molecule has 5 N–H and O–H groups in total. The van der Waals surface area contributed by atoms with Gasteiger partial charge in [0.25, 0.3) is 0 Å². The standard InChI is InChI=1S/C23H29N3O3.ClH/c24-15-16-9-11-18(12-10-16)22(27)26-23(28)21(25)14-17-5-4-8-20(13-17)29-19-6-2-1-3-7-19;/h1-8,13,16,18,21H,9-12,14-15,24-25H2,(H,26,27,28);1H. The molecule has 0 radical (unpaired) electrons. The monoisotopic (exact) mass is 431 g/mol. The SMILES string of the molecule is Cl.NCC1CCC(C(=O)NC(=O)C(N)Cc2cccc(Oc3ccccc3)c2)CC1. The van der Waals surface area contributed by atoms with Crippen LogP contribution in [0.15, 0.2) is 54.6 Å². The number of hydrogen-bond acceptors (Lipinski definition) is 5. The van der Waals surface area contributed by atoms with Gasteiger partial charge in [-0.3, -0.25) is 14.9 Å². The Hall–Kier alpha value is -2.41. The molecule has 162 valence electrons. The van der Waals surface area contributed by atoms with Crippen LogP contribution < -0.4 is 21.5 Å². The summed E-state index contributed by atoms with van der Waals surface area (Å²) in [6.07, 6.45) is 3.74. The van der Waals surface area contributed by atoms with Gasteiger partial charge >= 0.3 is 0 Å². The van der Waals surface area contributed by atoms with Gasteiger partial charge in [0, 0.05) is 5.92 Å². The zero-order valence-corrected chi connectivity index (χ0v) is 17.8. The van der Waals surface area contributed by atoms with E-state index in [1.54, 1.807) is 0 Å². The molecule has 30 heavy (non-hydrogen) atoms. The van der Waals surface area contributed by atoms with Gasteiger partial charge in [-0.1, -0.05) is 30.3 Å². The maximum Gasteiger partial charge on any atom is 0.243 e. The highest BCUT2D eigenvalue weighted by Gasteiger charge is 2.27. The van der Waals surface area contributed by atoms with E-state index in [0.29, 0.717) is 24.6 Å². The van der Waals surface area contributed by atoms with Crippen molar-refractivity contribution in [2.24, 2.45) is 23.3 Å². The number of carbonyl (C=O) groups is 2. The maximum absolute atomic E-state index is 12.4. The van der Waals surface area contributed by atoms with Gasteiger partial charge in [-0.25, -0.2) is 0 Å². The van der Waals surface area contributed by atoms with Crippen molar-refractivity contribution in [3.8, 4) is 11.5 Å². The molecular formula is C23H30ClN3O3. The Morgan fingerprint density at radius 1 is 1.00 bits per heavy atom. The van der Waals surface area contributed by atoms with Gasteiger partial charge in [0.05, 0.1) is 6.04 Å². The van der Waals surface area contributed by atoms with Crippen molar-refractivity contribution >= 4 is 24.2 Å². The molecule has 0 spiro atoms. The lowest BCUT2D eigenvalue weighted by Gasteiger charge is -2.26. The molecule has 6 nitrogen and oxygen atoms in total. The van der Waals surface area contributed by atoms with Crippen LogP contribution in [0.5, 0.6) is 11.5 Å². The molecule has 0 aromatic heterocycles. The third-order valence-corrected chi connectivity index (χ3v) is 5.47. The molecule has 1 atom stereocenters. The summed E-state index contributed by atoms with van der Waals surface area (Å²) in [5.41, 5.74) is 12.6. The first kappa shape index (κ1) is 23.9. The molecule has 2 aromatic carbocycles. The number of amides is 2. The number of ether oxygens (including phenoxy) is 1. The van der Waals surface area contributed by atoms with E-state index in [2.05, 4.69) is 5.32 Å². The van der Waals surface area contributed by atoms with E-state index in [0.717, 1.165) is 37.0 Å². The highest BCUT2D eigenvalue weighted by molar-refractivity contribution is 5.98. The molecule has 2 aromatic rings. The van der Waals surface area contributed by atoms with E-state index >= 15 is 0 Å². The fraction of sp³-hybridized carbons (Fsp3) is 0.391. The molecule has 0 bridgehead atoms. The number of benzene rings is 2. The molecule has 1 fully saturated rings. The number of hydrogen-bond donors (Lipinski definition) is 3. The molecule has 3 rings (SSSR count). The second kappa shape index (κ2) is 11.7. The summed E-state index contributed by atoms with van der Waals surface area (Å²) in [5, 5.41) is 2.49. The van der Waals surface area contributed by atoms with Crippen LogP contribution in [-0.2, 0) is 16.0 Å². The highest BCUT2D eigenvalue weighted by atomic mass is 35.5. The van der Waals surface area contributed by atoms with Crippen LogP contribution in [-0.4, -0.2) is 24.4 Å². The summed E-state index contributed by atoms with van der Waals surface area (Å²) in [4.78, 5) is 24.8. The van der Waals surface area contributed by atoms with Gasteiger partial charge in [-0.2, -0.15) is 0 Å². The lowest BCUT2D eigenvalue weighted by molar-refractivity contribution is -0.134.